The largest absolute Gasteiger partial charge is 0.375 e. The van der Waals surface area contributed by atoms with Gasteiger partial charge < -0.3 is 14.2 Å². The van der Waals surface area contributed by atoms with Gasteiger partial charge in [-0.1, -0.05) is 13.8 Å². The minimum Gasteiger partial charge on any atom is -0.375 e. The zero-order chi connectivity index (χ0) is 11.3. The monoisotopic (exact) mass is 212 g/mol. The fourth-order valence-electron chi connectivity index (χ4n) is 2.78. The molecule has 0 saturated carbocycles. The maximum absolute atomic E-state index is 6.05. The van der Waals surface area contributed by atoms with E-state index in [9.17, 15) is 0 Å². The van der Waals surface area contributed by atoms with Crippen molar-refractivity contribution >= 4 is 0 Å². The summed E-state index contributed by atoms with van der Waals surface area (Å²) >= 11 is 0. The molecule has 3 nitrogen and oxygen atoms in total. The molecule has 86 valence electrons. The first-order valence-corrected chi connectivity index (χ1v) is 5.40. The van der Waals surface area contributed by atoms with Crippen LogP contribution in [-0.2, 0) is 14.2 Å². The van der Waals surface area contributed by atoms with Gasteiger partial charge in [0.15, 0.2) is 5.79 Å². The van der Waals surface area contributed by atoms with Gasteiger partial charge in [-0.15, -0.1) is 0 Å². The summed E-state index contributed by atoms with van der Waals surface area (Å²) in [5, 5.41) is 0. The van der Waals surface area contributed by atoms with Gasteiger partial charge in [0.1, 0.15) is 6.10 Å². The standard InChI is InChI=1S/C12H20O3/c1-8-6-9(13-4)10-11(2,3)7-12(8,14-5)15-10/h6,9-10H,7H2,1-5H3. The molecule has 2 aliphatic rings. The van der Waals surface area contributed by atoms with E-state index in [-0.39, 0.29) is 17.6 Å². The van der Waals surface area contributed by atoms with Crippen LogP contribution in [0.15, 0.2) is 11.6 Å². The summed E-state index contributed by atoms with van der Waals surface area (Å²) in [5.74, 6) is -0.511. The molecule has 0 N–H and O–H groups in total. The van der Waals surface area contributed by atoms with E-state index in [1.54, 1.807) is 14.2 Å². The Bertz CT molecular complexity index is 295. The van der Waals surface area contributed by atoms with Crippen LogP contribution >= 0.6 is 0 Å². The molecule has 1 fully saturated rings. The summed E-state index contributed by atoms with van der Waals surface area (Å²) in [6.07, 6.45) is 3.16. The smallest absolute Gasteiger partial charge is 0.191 e. The van der Waals surface area contributed by atoms with Crippen molar-refractivity contribution in [1.82, 2.24) is 0 Å². The minimum absolute atomic E-state index is 0.0470. The molecule has 0 aromatic carbocycles. The molecule has 0 aliphatic carbocycles. The van der Waals surface area contributed by atoms with Gasteiger partial charge in [-0.25, -0.2) is 0 Å². The van der Waals surface area contributed by atoms with E-state index in [2.05, 4.69) is 19.9 Å². The van der Waals surface area contributed by atoms with Gasteiger partial charge in [0, 0.05) is 20.6 Å². The Morgan fingerprint density at radius 1 is 1.40 bits per heavy atom. The van der Waals surface area contributed by atoms with Crippen LogP contribution in [0.5, 0.6) is 0 Å². The number of fused-ring (bicyclic) bond motifs is 2. The Labute approximate surface area is 91.4 Å². The van der Waals surface area contributed by atoms with Crippen LogP contribution in [0.25, 0.3) is 0 Å². The zero-order valence-corrected chi connectivity index (χ0v) is 10.2. The SMILES string of the molecule is COC1C=C(C)C2(OC)CC(C)(C)C1O2. The minimum atomic E-state index is -0.511. The van der Waals surface area contributed by atoms with Crippen molar-refractivity contribution in [3.8, 4) is 0 Å². The van der Waals surface area contributed by atoms with Crippen LogP contribution in [-0.4, -0.2) is 32.2 Å². The lowest BCUT2D eigenvalue weighted by Gasteiger charge is -2.35. The molecular formula is C12H20O3. The highest BCUT2D eigenvalue weighted by atomic mass is 16.7. The van der Waals surface area contributed by atoms with E-state index in [1.165, 1.54) is 0 Å². The number of methoxy groups -OCH3 is 2. The molecule has 2 rings (SSSR count). The first-order chi connectivity index (χ1) is 6.95. The summed E-state index contributed by atoms with van der Waals surface area (Å²) in [4.78, 5) is 0. The third-order valence-electron chi connectivity index (χ3n) is 3.69. The van der Waals surface area contributed by atoms with Crippen LogP contribution in [0.4, 0.5) is 0 Å². The van der Waals surface area contributed by atoms with Gasteiger partial charge >= 0.3 is 0 Å². The molecule has 0 amide bonds. The van der Waals surface area contributed by atoms with Crippen LogP contribution in [0.1, 0.15) is 27.2 Å². The lowest BCUT2D eigenvalue weighted by Crippen LogP contribution is -2.42. The molecule has 0 radical (unpaired) electrons. The number of hydrogen-bond acceptors (Lipinski definition) is 3. The third-order valence-corrected chi connectivity index (χ3v) is 3.69. The molecule has 0 aromatic heterocycles. The topological polar surface area (TPSA) is 27.7 Å². The van der Waals surface area contributed by atoms with Crippen LogP contribution in [0.2, 0.25) is 0 Å². The van der Waals surface area contributed by atoms with E-state index in [0.717, 1.165) is 12.0 Å². The van der Waals surface area contributed by atoms with Crippen LogP contribution in [0.3, 0.4) is 0 Å². The predicted octanol–water partition coefficient (Wildman–Crippen LogP) is 2.12. The van der Waals surface area contributed by atoms with Gasteiger partial charge in [-0.2, -0.15) is 0 Å². The average molecular weight is 212 g/mol. The van der Waals surface area contributed by atoms with E-state index in [0.29, 0.717) is 0 Å². The number of rotatable bonds is 2. The van der Waals surface area contributed by atoms with Crippen molar-refractivity contribution in [2.24, 2.45) is 5.41 Å². The molecule has 3 atom stereocenters. The predicted molar refractivity (Wildman–Crippen MR) is 57.6 cm³/mol. The summed E-state index contributed by atoms with van der Waals surface area (Å²) in [7, 11) is 3.44. The number of hydrogen-bond donors (Lipinski definition) is 0. The first kappa shape index (κ1) is 11.1. The van der Waals surface area contributed by atoms with E-state index in [1.807, 2.05) is 6.92 Å². The van der Waals surface area contributed by atoms with E-state index < -0.39 is 5.79 Å². The molecule has 15 heavy (non-hydrogen) atoms. The second kappa shape index (κ2) is 3.30. The summed E-state index contributed by atoms with van der Waals surface area (Å²) in [5.41, 5.74) is 1.21. The Hall–Kier alpha value is -0.380. The summed E-state index contributed by atoms with van der Waals surface area (Å²) in [6.45, 7) is 6.46. The van der Waals surface area contributed by atoms with Gasteiger partial charge in [0.25, 0.3) is 0 Å². The normalized spacial score (nSPS) is 42.9. The van der Waals surface area contributed by atoms with Crippen LogP contribution in [0, 0.1) is 5.41 Å². The van der Waals surface area contributed by atoms with Crippen molar-refractivity contribution < 1.29 is 14.2 Å². The Kier molecular flexibility index (Phi) is 2.45. The van der Waals surface area contributed by atoms with Crippen molar-refractivity contribution in [3.05, 3.63) is 11.6 Å². The van der Waals surface area contributed by atoms with E-state index >= 15 is 0 Å². The van der Waals surface area contributed by atoms with Gasteiger partial charge in [-0.3, -0.25) is 0 Å². The van der Waals surface area contributed by atoms with Crippen molar-refractivity contribution in [2.75, 3.05) is 14.2 Å². The highest BCUT2D eigenvalue weighted by Crippen LogP contribution is 2.52. The fourth-order valence-corrected chi connectivity index (χ4v) is 2.78. The Balaban J connectivity index is 2.40. The maximum atomic E-state index is 6.05. The molecule has 2 heterocycles. The average Bonchev–Trinajstić information content (AvgIpc) is 2.43. The Morgan fingerprint density at radius 3 is 2.60 bits per heavy atom. The quantitative estimate of drug-likeness (QED) is 0.656. The molecular weight excluding hydrogens is 192 g/mol. The molecule has 0 aromatic rings. The lowest BCUT2D eigenvalue weighted by molar-refractivity contribution is -0.210. The van der Waals surface area contributed by atoms with Gasteiger partial charge in [0.05, 0.1) is 6.10 Å². The third kappa shape index (κ3) is 1.45. The highest BCUT2D eigenvalue weighted by Gasteiger charge is 2.57. The molecule has 3 heteroatoms. The lowest BCUT2D eigenvalue weighted by atomic mass is 9.82. The van der Waals surface area contributed by atoms with Crippen molar-refractivity contribution in [3.63, 3.8) is 0 Å². The van der Waals surface area contributed by atoms with Gasteiger partial charge in [0.2, 0.25) is 0 Å². The molecule has 2 aliphatic heterocycles. The second-order valence-corrected chi connectivity index (χ2v) is 5.21. The molecule has 1 saturated heterocycles. The van der Waals surface area contributed by atoms with Crippen molar-refractivity contribution in [2.45, 2.75) is 45.2 Å². The summed E-state index contributed by atoms with van der Waals surface area (Å²) in [6, 6.07) is 0. The molecule has 3 unspecified atom stereocenters. The molecule has 2 bridgehead atoms. The van der Waals surface area contributed by atoms with Crippen molar-refractivity contribution in [1.29, 1.82) is 0 Å². The number of ether oxygens (including phenoxy) is 3. The molecule has 0 spiro atoms. The fraction of sp³-hybridized carbons (Fsp3) is 0.833. The maximum Gasteiger partial charge on any atom is 0.191 e. The highest BCUT2D eigenvalue weighted by molar-refractivity contribution is 5.24. The summed E-state index contributed by atoms with van der Waals surface area (Å²) < 4.78 is 17.1. The van der Waals surface area contributed by atoms with E-state index in [4.69, 9.17) is 14.2 Å². The Morgan fingerprint density at radius 2 is 2.07 bits per heavy atom. The zero-order valence-electron chi connectivity index (χ0n) is 10.2. The first-order valence-electron chi connectivity index (χ1n) is 5.40. The van der Waals surface area contributed by atoms with Gasteiger partial charge in [-0.05, 0) is 24.0 Å². The second-order valence-electron chi connectivity index (χ2n) is 5.21. The van der Waals surface area contributed by atoms with Crippen LogP contribution < -0.4 is 0 Å².